The lowest BCUT2D eigenvalue weighted by Gasteiger charge is -2.30. The van der Waals surface area contributed by atoms with E-state index in [-0.39, 0.29) is 30.7 Å². The van der Waals surface area contributed by atoms with E-state index in [2.05, 4.69) is 46.7 Å². The van der Waals surface area contributed by atoms with Crippen molar-refractivity contribution in [2.45, 2.75) is 45.7 Å². The highest BCUT2D eigenvalue weighted by Crippen LogP contribution is 2.18. The molecule has 4 nitrogen and oxygen atoms in total. The normalized spacial score (nSPS) is 17.3. The van der Waals surface area contributed by atoms with Gasteiger partial charge in [-0.3, -0.25) is 9.69 Å². The molecule has 0 bridgehead atoms. The smallest absolute Gasteiger partial charge is 0.220 e. The minimum Gasteiger partial charge on any atom is -0.352 e. The molecule has 25 heavy (non-hydrogen) atoms. The number of amides is 1. The zero-order valence-electron chi connectivity index (χ0n) is 15.4. The van der Waals surface area contributed by atoms with Crippen LogP contribution in [0.1, 0.15) is 43.7 Å². The predicted octanol–water partition coefficient (Wildman–Crippen LogP) is 3.38. The number of nitrogens with one attached hydrogen (secondary N) is 2. The molecule has 1 saturated heterocycles. The number of carbonyl (C=O) groups is 1. The average molecular weight is 390 g/mol. The molecule has 1 heterocycles. The van der Waals surface area contributed by atoms with Crippen LogP contribution >= 0.6 is 24.8 Å². The summed E-state index contributed by atoms with van der Waals surface area (Å²) in [6.07, 6.45) is 4.16. The summed E-state index contributed by atoms with van der Waals surface area (Å²) in [5, 5.41) is 6.04. The van der Waals surface area contributed by atoms with Gasteiger partial charge in [0.2, 0.25) is 5.91 Å². The largest absolute Gasteiger partial charge is 0.352 e. The second-order valence-corrected chi connectivity index (χ2v) is 6.78. The van der Waals surface area contributed by atoms with Crippen molar-refractivity contribution in [3.63, 3.8) is 0 Å². The van der Waals surface area contributed by atoms with Crippen molar-refractivity contribution in [1.82, 2.24) is 15.5 Å². The molecule has 2 N–H and O–H groups in total. The number of nitrogens with zero attached hydrogens (tertiary/aromatic N) is 1. The maximum Gasteiger partial charge on any atom is 0.220 e. The number of piperidine rings is 1. The van der Waals surface area contributed by atoms with Crippen molar-refractivity contribution in [2.24, 2.45) is 5.92 Å². The predicted molar refractivity (Wildman–Crippen MR) is 110 cm³/mol. The number of hydrogen-bond acceptors (Lipinski definition) is 3. The molecule has 144 valence electrons. The molecular formula is C19H33Cl2N3O. The fourth-order valence-electron chi connectivity index (χ4n) is 3.17. The Hall–Kier alpha value is -0.810. The third kappa shape index (κ3) is 9.45. The van der Waals surface area contributed by atoms with Crippen LogP contribution in [0.15, 0.2) is 24.3 Å². The van der Waals surface area contributed by atoms with Gasteiger partial charge in [-0.2, -0.15) is 0 Å². The molecule has 0 aliphatic carbocycles. The molecule has 0 saturated carbocycles. The molecule has 1 aliphatic rings. The molecule has 1 aromatic carbocycles. The number of rotatable bonds is 8. The molecule has 0 spiro atoms. The van der Waals surface area contributed by atoms with Gasteiger partial charge in [0.1, 0.15) is 0 Å². The molecule has 0 radical (unpaired) electrons. The Bertz CT molecular complexity index is 482. The first-order valence-electron chi connectivity index (χ1n) is 8.89. The van der Waals surface area contributed by atoms with Gasteiger partial charge in [0, 0.05) is 26.1 Å². The van der Waals surface area contributed by atoms with Gasteiger partial charge in [-0.1, -0.05) is 31.2 Å². The van der Waals surface area contributed by atoms with E-state index in [0.29, 0.717) is 13.0 Å². The van der Waals surface area contributed by atoms with E-state index in [1.165, 1.54) is 37.1 Å². The summed E-state index contributed by atoms with van der Waals surface area (Å²) in [6, 6.07) is 8.66. The quantitative estimate of drug-likeness (QED) is 0.669. The maximum atomic E-state index is 11.7. The summed E-state index contributed by atoms with van der Waals surface area (Å²) in [7, 11) is 1.91. The Morgan fingerprint density at radius 1 is 1.20 bits per heavy atom. The van der Waals surface area contributed by atoms with E-state index < -0.39 is 0 Å². The van der Waals surface area contributed by atoms with Crippen LogP contribution in [0.3, 0.4) is 0 Å². The first-order chi connectivity index (χ1) is 11.2. The van der Waals surface area contributed by atoms with Gasteiger partial charge in [0.25, 0.3) is 0 Å². The Labute approximate surface area is 164 Å². The van der Waals surface area contributed by atoms with Crippen molar-refractivity contribution in [3.8, 4) is 0 Å². The summed E-state index contributed by atoms with van der Waals surface area (Å²) in [5.74, 6) is 0.952. The maximum absolute atomic E-state index is 11.7. The van der Waals surface area contributed by atoms with E-state index in [1.54, 1.807) is 0 Å². The van der Waals surface area contributed by atoms with Crippen molar-refractivity contribution in [3.05, 3.63) is 35.4 Å². The van der Waals surface area contributed by atoms with Crippen molar-refractivity contribution in [1.29, 1.82) is 0 Å². The lowest BCUT2D eigenvalue weighted by atomic mass is 9.99. The van der Waals surface area contributed by atoms with Crippen LogP contribution in [0.25, 0.3) is 0 Å². The lowest BCUT2D eigenvalue weighted by molar-refractivity contribution is -0.121. The average Bonchev–Trinajstić information content (AvgIpc) is 2.54. The topological polar surface area (TPSA) is 44.4 Å². The highest BCUT2D eigenvalue weighted by Gasteiger charge is 2.16. The summed E-state index contributed by atoms with van der Waals surface area (Å²) in [5.41, 5.74) is 2.53. The molecule has 1 fully saturated rings. The second-order valence-electron chi connectivity index (χ2n) is 6.78. The number of carbonyl (C=O) groups excluding carboxylic acids is 1. The zero-order valence-corrected chi connectivity index (χ0v) is 17.1. The number of benzene rings is 1. The van der Waals surface area contributed by atoms with Crippen LogP contribution in [-0.2, 0) is 17.9 Å². The van der Waals surface area contributed by atoms with Gasteiger partial charge in [-0.05, 0) is 56.4 Å². The highest BCUT2D eigenvalue weighted by atomic mass is 35.5. The van der Waals surface area contributed by atoms with Crippen molar-refractivity contribution < 1.29 is 4.79 Å². The molecule has 1 unspecified atom stereocenters. The first-order valence-corrected chi connectivity index (χ1v) is 8.89. The highest BCUT2D eigenvalue weighted by molar-refractivity contribution is 5.85. The Morgan fingerprint density at radius 2 is 1.88 bits per heavy atom. The number of likely N-dealkylation sites (tertiary alicyclic amines) is 1. The van der Waals surface area contributed by atoms with Gasteiger partial charge in [-0.15, -0.1) is 24.8 Å². The minimum atomic E-state index is 0. The third-order valence-corrected chi connectivity index (χ3v) is 4.49. The Kier molecular flexibility index (Phi) is 13.0. The fourth-order valence-corrected chi connectivity index (χ4v) is 3.17. The molecule has 6 heteroatoms. The third-order valence-electron chi connectivity index (χ3n) is 4.49. The van der Waals surface area contributed by atoms with Crippen molar-refractivity contribution in [2.75, 3.05) is 26.7 Å². The van der Waals surface area contributed by atoms with Gasteiger partial charge in [0.05, 0.1) is 0 Å². The molecule has 1 aromatic rings. The zero-order chi connectivity index (χ0) is 16.5. The van der Waals surface area contributed by atoms with Crippen LogP contribution in [0.2, 0.25) is 0 Å². The Morgan fingerprint density at radius 3 is 2.52 bits per heavy atom. The summed E-state index contributed by atoms with van der Waals surface area (Å²) in [6.45, 7) is 7.32. The lowest BCUT2D eigenvalue weighted by Crippen LogP contribution is -2.33. The molecule has 1 amide bonds. The van der Waals surface area contributed by atoms with Crippen LogP contribution in [0.5, 0.6) is 0 Å². The fraction of sp³-hybridized carbons (Fsp3) is 0.632. The van der Waals surface area contributed by atoms with Gasteiger partial charge < -0.3 is 10.6 Å². The summed E-state index contributed by atoms with van der Waals surface area (Å²) < 4.78 is 0. The second kappa shape index (κ2) is 13.4. The van der Waals surface area contributed by atoms with Gasteiger partial charge in [0.15, 0.2) is 0 Å². The summed E-state index contributed by atoms with van der Waals surface area (Å²) in [4.78, 5) is 14.3. The minimum absolute atomic E-state index is 0. The van der Waals surface area contributed by atoms with E-state index >= 15 is 0 Å². The van der Waals surface area contributed by atoms with Gasteiger partial charge >= 0.3 is 0 Å². The number of hydrogen-bond donors (Lipinski definition) is 2. The molecule has 1 atom stereocenters. The van der Waals surface area contributed by atoms with Crippen molar-refractivity contribution >= 4 is 30.7 Å². The SMILES string of the molecule is CNCCCC(=O)NCc1ccc(CN2CCCC(C)C2)cc1.Cl.Cl. The van der Waals surface area contributed by atoms with Crippen LogP contribution in [0, 0.1) is 5.92 Å². The van der Waals surface area contributed by atoms with Crippen LogP contribution in [-0.4, -0.2) is 37.5 Å². The first kappa shape index (κ1) is 24.2. The number of halogens is 2. The van der Waals surface area contributed by atoms with E-state index in [1.807, 2.05) is 7.05 Å². The van der Waals surface area contributed by atoms with Crippen LogP contribution in [0.4, 0.5) is 0 Å². The van der Waals surface area contributed by atoms with E-state index in [9.17, 15) is 4.79 Å². The molecule has 2 rings (SSSR count). The standard InChI is InChI=1S/C19H31N3O.2ClH/c1-16-5-4-12-22(14-16)15-18-9-7-17(8-10-18)13-21-19(23)6-3-11-20-2;;/h7-10,16,20H,3-6,11-15H2,1-2H3,(H,21,23);2*1H. The monoisotopic (exact) mass is 389 g/mol. The van der Waals surface area contributed by atoms with E-state index in [4.69, 9.17) is 0 Å². The molecule has 0 aromatic heterocycles. The summed E-state index contributed by atoms with van der Waals surface area (Å²) >= 11 is 0. The van der Waals surface area contributed by atoms with Crippen LogP contribution < -0.4 is 10.6 Å². The van der Waals surface area contributed by atoms with Gasteiger partial charge in [-0.25, -0.2) is 0 Å². The van der Waals surface area contributed by atoms with E-state index in [0.717, 1.165) is 25.4 Å². The molecule has 1 aliphatic heterocycles. The molecular weight excluding hydrogens is 357 g/mol. The Balaban J connectivity index is 0.00000288.